The van der Waals surface area contributed by atoms with Crippen molar-refractivity contribution in [3.63, 3.8) is 0 Å². The molecule has 0 aliphatic rings. The van der Waals surface area contributed by atoms with Crippen molar-refractivity contribution in [2.45, 2.75) is 31.6 Å². The van der Waals surface area contributed by atoms with E-state index in [1.165, 1.54) is 6.20 Å². The monoisotopic (exact) mass is 275 g/mol. The van der Waals surface area contributed by atoms with E-state index in [4.69, 9.17) is 0 Å². The van der Waals surface area contributed by atoms with Gasteiger partial charge >= 0.3 is 5.03 Å². The van der Waals surface area contributed by atoms with Crippen molar-refractivity contribution in [1.82, 2.24) is 0 Å². The van der Waals surface area contributed by atoms with E-state index in [-0.39, 0.29) is 0 Å². The van der Waals surface area contributed by atoms with Crippen LogP contribution >= 0.6 is 0 Å². The first-order valence-corrected chi connectivity index (χ1v) is 7.43. The number of rotatable bonds is 3. The molecule has 0 aliphatic carbocycles. The Morgan fingerprint density at radius 1 is 1.05 bits per heavy atom. The summed E-state index contributed by atoms with van der Waals surface area (Å²) in [6.07, 6.45) is 1.41. The summed E-state index contributed by atoms with van der Waals surface area (Å²) in [6.45, 7) is 5.89. The molecule has 100 valence electrons. The predicted molar refractivity (Wildman–Crippen MR) is 76.2 cm³/mol. The molecule has 1 heterocycles. The molecule has 1 aromatic carbocycles. The van der Waals surface area contributed by atoms with Gasteiger partial charge in [0.05, 0.1) is 17.2 Å². The normalized spacial score (nSPS) is 12.4. The number of benzene rings is 1. The van der Waals surface area contributed by atoms with Crippen LogP contribution in [0.15, 0.2) is 41.6 Å². The lowest BCUT2D eigenvalue weighted by Gasteiger charge is -2.12. The topological polar surface area (TPSA) is 50.0 Å². The molecule has 0 radical (unpaired) electrons. The van der Waals surface area contributed by atoms with Gasteiger partial charge in [-0.2, -0.15) is 0 Å². The van der Waals surface area contributed by atoms with Crippen LogP contribution in [0.5, 0.6) is 0 Å². The van der Waals surface area contributed by atoms with Crippen LogP contribution in [-0.4, -0.2) is 4.55 Å². The van der Waals surface area contributed by atoms with Gasteiger partial charge in [-0.1, -0.05) is 23.8 Å². The third kappa shape index (κ3) is 3.28. The quantitative estimate of drug-likeness (QED) is 0.491. The maximum Gasteiger partial charge on any atom is 0.393 e. The first-order valence-electron chi connectivity index (χ1n) is 6.11. The highest BCUT2D eigenvalue weighted by Gasteiger charge is 2.22. The first kappa shape index (κ1) is 13.9. The van der Waals surface area contributed by atoms with Crippen molar-refractivity contribution in [3.05, 3.63) is 64.0 Å². The molecule has 0 spiro atoms. The van der Waals surface area contributed by atoms with Crippen LogP contribution < -0.4 is 4.73 Å². The van der Waals surface area contributed by atoms with Gasteiger partial charge in [-0.3, -0.25) is 0 Å². The highest BCUT2D eigenvalue weighted by Crippen LogP contribution is 2.18. The standard InChI is InChI=1S/C15H17NO2S/c1-11-4-5-13(3)14(8-11)10-19(18)15-9-12(2)6-7-16(15)17/h4-9H,10H2,1-3H3. The van der Waals surface area contributed by atoms with Gasteiger partial charge in [0.15, 0.2) is 6.20 Å². The molecule has 0 saturated heterocycles. The summed E-state index contributed by atoms with van der Waals surface area (Å²) >= 11 is -1.32. The molecule has 0 aliphatic heterocycles. The molecule has 3 nitrogen and oxygen atoms in total. The third-order valence-corrected chi connectivity index (χ3v) is 4.40. The minimum Gasteiger partial charge on any atom is -0.615 e. The lowest BCUT2D eigenvalue weighted by molar-refractivity contribution is -0.646. The van der Waals surface area contributed by atoms with E-state index in [2.05, 4.69) is 0 Å². The zero-order chi connectivity index (χ0) is 14.0. The summed E-state index contributed by atoms with van der Waals surface area (Å²) in [4.78, 5) is 0. The number of hydrogen-bond acceptors (Lipinski definition) is 2. The second kappa shape index (κ2) is 5.63. The summed E-state index contributed by atoms with van der Waals surface area (Å²) < 4.78 is 13.0. The second-order valence-corrected chi connectivity index (χ2v) is 6.19. The number of pyridine rings is 1. The average Bonchev–Trinajstić information content (AvgIpc) is 2.36. The van der Waals surface area contributed by atoms with E-state index in [9.17, 15) is 9.76 Å². The Morgan fingerprint density at radius 2 is 1.74 bits per heavy atom. The number of aryl methyl sites for hydroxylation is 3. The Bertz CT molecular complexity index is 599. The van der Waals surface area contributed by atoms with Crippen LogP contribution in [0.4, 0.5) is 0 Å². The van der Waals surface area contributed by atoms with Crippen LogP contribution in [0.25, 0.3) is 0 Å². The number of aromatic nitrogens is 1. The molecular weight excluding hydrogens is 258 g/mol. The molecule has 2 aromatic rings. The molecule has 2 rings (SSSR count). The van der Waals surface area contributed by atoms with Crippen molar-refractivity contribution < 1.29 is 9.28 Å². The fraction of sp³-hybridized carbons (Fsp3) is 0.267. The molecule has 0 saturated carbocycles. The van der Waals surface area contributed by atoms with E-state index in [0.717, 1.165) is 22.3 Å². The highest BCUT2D eigenvalue weighted by molar-refractivity contribution is 7.90. The van der Waals surface area contributed by atoms with Gasteiger partial charge in [-0.15, -0.1) is 4.73 Å². The summed E-state index contributed by atoms with van der Waals surface area (Å²) in [5, 5.41) is 12.0. The summed E-state index contributed by atoms with van der Waals surface area (Å²) in [5.74, 6) is 0.374. The molecule has 1 atom stereocenters. The summed E-state index contributed by atoms with van der Waals surface area (Å²) in [7, 11) is 0. The van der Waals surface area contributed by atoms with E-state index >= 15 is 0 Å². The SMILES string of the molecule is Cc1ccc(C)c(C[S+]([O-])c2cc(C)cc[n+]2[O-])c1. The molecule has 0 amide bonds. The smallest absolute Gasteiger partial charge is 0.393 e. The van der Waals surface area contributed by atoms with Crippen molar-refractivity contribution >= 4 is 11.2 Å². The van der Waals surface area contributed by atoms with E-state index < -0.39 is 11.2 Å². The predicted octanol–water partition coefficient (Wildman–Crippen LogP) is 2.55. The summed E-state index contributed by atoms with van der Waals surface area (Å²) in [5.41, 5.74) is 4.21. The summed E-state index contributed by atoms with van der Waals surface area (Å²) in [6, 6.07) is 9.48. The van der Waals surface area contributed by atoms with Gasteiger partial charge in [-0.05, 0) is 31.9 Å². The van der Waals surface area contributed by atoms with Gasteiger partial charge in [0, 0.05) is 11.6 Å². The molecule has 1 unspecified atom stereocenters. The van der Waals surface area contributed by atoms with Crippen LogP contribution in [0.1, 0.15) is 22.3 Å². The minimum atomic E-state index is -1.32. The number of nitrogens with zero attached hydrogens (tertiary/aromatic N) is 1. The van der Waals surface area contributed by atoms with Crippen molar-refractivity contribution in [3.8, 4) is 0 Å². The third-order valence-electron chi connectivity index (χ3n) is 3.07. The largest absolute Gasteiger partial charge is 0.615 e. The van der Waals surface area contributed by atoms with E-state index in [1.807, 2.05) is 39.0 Å². The number of hydrogen-bond donors (Lipinski definition) is 0. The van der Waals surface area contributed by atoms with Gasteiger partial charge < -0.3 is 9.76 Å². The van der Waals surface area contributed by atoms with Crippen LogP contribution in [-0.2, 0) is 16.9 Å². The lowest BCUT2D eigenvalue weighted by Crippen LogP contribution is -2.34. The molecule has 0 N–H and O–H groups in total. The van der Waals surface area contributed by atoms with Crippen LogP contribution in [0, 0.1) is 26.0 Å². The zero-order valence-corrected chi connectivity index (χ0v) is 12.2. The molecular formula is C15H17NO2S. The van der Waals surface area contributed by atoms with Gasteiger partial charge in [0.2, 0.25) is 0 Å². The molecule has 0 bridgehead atoms. The van der Waals surface area contributed by atoms with Crippen LogP contribution in [0.2, 0.25) is 0 Å². The Hall–Kier alpha value is -1.52. The molecule has 1 aromatic heterocycles. The Labute approximate surface area is 116 Å². The minimum absolute atomic E-state index is 0.320. The van der Waals surface area contributed by atoms with Gasteiger partial charge in [0.1, 0.15) is 5.75 Å². The molecule has 0 fully saturated rings. The van der Waals surface area contributed by atoms with E-state index in [0.29, 0.717) is 15.5 Å². The maximum absolute atomic E-state index is 12.3. The van der Waals surface area contributed by atoms with Gasteiger partial charge in [-0.25, -0.2) is 0 Å². The maximum atomic E-state index is 12.3. The molecule has 19 heavy (non-hydrogen) atoms. The van der Waals surface area contributed by atoms with E-state index in [1.54, 1.807) is 12.1 Å². The average molecular weight is 275 g/mol. The Balaban J connectivity index is 2.27. The highest BCUT2D eigenvalue weighted by atomic mass is 32.2. The lowest BCUT2D eigenvalue weighted by atomic mass is 10.1. The zero-order valence-electron chi connectivity index (χ0n) is 11.3. The van der Waals surface area contributed by atoms with Crippen molar-refractivity contribution in [2.75, 3.05) is 0 Å². The second-order valence-electron chi connectivity index (χ2n) is 4.79. The fourth-order valence-corrected chi connectivity index (χ4v) is 3.22. The molecule has 4 heteroatoms. The van der Waals surface area contributed by atoms with Crippen molar-refractivity contribution in [1.29, 1.82) is 0 Å². The first-order chi connectivity index (χ1) is 8.97. The Morgan fingerprint density at radius 3 is 2.47 bits per heavy atom. The van der Waals surface area contributed by atoms with Gasteiger partial charge in [0.25, 0.3) is 0 Å². The Kier molecular flexibility index (Phi) is 4.12. The van der Waals surface area contributed by atoms with Crippen LogP contribution in [0.3, 0.4) is 0 Å². The fourth-order valence-electron chi connectivity index (χ4n) is 1.90. The van der Waals surface area contributed by atoms with Crippen molar-refractivity contribution in [2.24, 2.45) is 0 Å².